The molecule has 2 amide bonds. The molecule has 0 rings (SSSR count). The third-order valence-electron chi connectivity index (χ3n) is 7.12. The van der Waals surface area contributed by atoms with Gasteiger partial charge in [-0.2, -0.15) is 5.43 Å². The third-order valence-corrected chi connectivity index (χ3v) is 7.12. The highest BCUT2D eigenvalue weighted by Gasteiger charge is 2.21. The van der Waals surface area contributed by atoms with E-state index in [1.807, 2.05) is 0 Å². The maximum Gasteiger partial charge on any atom is 0.326 e. The fourth-order valence-electron chi connectivity index (χ4n) is 4.58. The van der Waals surface area contributed by atoms with Gasteiger partial charge >= 0.3 is 17.9 Å². The van der Waals surface area contributed by atoms with Gasteiger partial charge in [0.1, 0.15) is 6.04 Å². The maximum absolute atomic E-state index is 12.2. The molecule has 0 saturated carbocycles. The zero-order chi connectivity index (χ0) is 30.7. The van der Waals surface area contributed by atoms with Crippen LogP contribution in [-0.4, -0.2) is 63.7 Å². The molecule has 12 heteroatoms. The predicted molar refractivity (Wildman–Crippen MR) is 155 cm³/mol. The number of amides is 2. The zero-order valence-corrected chi connectivity index (χ0v) is 24.8. The molecule has 0 aromatic carbocycles. The topological polar surface area (TPSA) is 210 Å². The molecule has 41 heavy (non-hydrogen) atoms. The van der Waals surface area contributed by atoms with Crippen LogP contribution in [0.25, 0.3) is 0 Å². The molecule has 238 valence electrons. The molecule has 0 aromatic heterocycles. The number of aliphatic carboxylic acids is 3. The van der Waals surface area contributed by atoms with E-state index in [0.717, 1.165) is 38.5 Å². The van der Waals surface area contributed by atoms with Crippen molar-refractivity contribution in [1.29, 1.82) is 0 Å². The fraction of sp³-hybridized carbons (Fsp3) is 0.828. The van der Waals surface area contributed by atoms with Crippen LogP contribution in [0.5, 0.6) is 0 Å². The van der Waals surface area contributed by atoms with Gasteiger partial charge in [-0.05, 0) is 38.5 Å². The average molecular weight is 588 g/mol. The van der Waals surface area contributed by atoms with Crippen molar-refractivity contribution in [2.24, 2.45) is 0 Å². The molecule has 0 aliphatic heterocycles. The Balaban J connectivity index is 3.73. The van der Waals surface area contributed by atoms with Crippen molar-refractivity contribution in [2.75, 3.05) is 6.54 Å². The van der Waals surface area contributed by atoms with Crippen molar-refractivity contribution in [3.8, 4) is 0 Å². The van der Waals surface area contributed by atoms with Gasteiger partial charge in [-0.3, -0.25) is 25.0 Å². The number of carboxylic acids is 3. The smallest absolute Gasteiger partial charge is 0.326 e. The lowest BCUT2D eigenvalue weighted by molar-refractivity contribution is -0.449. The summed E-state index contributed by atoms with van der Waals surface area (Å²) in [6.07, 6.45) is 17.3. The molecule has 0 aliphatic carbocycles. The van der Waals surface area contributed by atoms with Crippen LogP contribution in [-0.2, 0) is 24.0 Å². The van der Waals surface area contributed by atoms with E-state index in [1.54, 1.807) is 0 Å². The zero-order valence-electron chi connectivity index (χ0n) is 24.8. The minimum absolute atomic E-state index is 0.00616. The summed E-state index contributed by atoms with van der Waals surface area (Å²) in [5, 5.41) is 32.2. The summed E-state index contributed by atoms with van der Waals surface area (Å²) in [5.74, 6) is -0.0887. The molecule has 0 heterocycles. The van der Waals surface area contributed by atoms with Crippen molar-refractivity contribution in [2.45, 2.75) is 147 Å². The van der Waals surface area contributed by atoms with Crippen LogP contribution in [0.1, 0.15) is 135 Å². The van der Waals surface area contributed by atoms with Crippen LogP contribution in [0.2, 0.25) is 0 Å². The Kier molecular flexibility index (Phi) is 24.4. The first-order valence-electron chi connectivity index (χ1n) is 15.4. The number of nitrogens with one attached hydrogen (secondary N) is 3. The Labute approximate surface area is 244 Å². The lowest BCUT2D eigenvalue weighted by atomic mass is 10.0. The Hall–Kier alpha value is -2.73. The number of quaternary nitrogens is 1. The van der Waals surface area contributed by atoms with E-state index in [-0.39, 0.29) is 37.5 Å². The van der Waals surface area contributed by atoms with Gasteiger partial charge in [-0.1, -0.05) is 77.0 Å². The number of carbonyl (C=O) groups excluding carboxylic acids is 2. The molecule has 0 radical (unpaired) electrons. The first-order chi connectivity index (χ1) is 19.7. The van der Waals surface area contributed by atoms with E-state index >= 15 is 0 Å². The van der Waals surface area contributed by atoms with Crippen molar-refractivity contribution in [3.05, 3.63) is 0 Å². The number of carboxylic acid groups (broad SMARTS) is 3. The Morgan fingerprint density at radius 2 is 0.976 bits per heavy atom. The van der Waals surface area contributed by atoms with E-state index in [0.29, 0.717) is 32.2 Å². The third kappa shape index (κ3) is 24.8. The van der Waals surface area contributed by atoms with E-state index in [2.05, 4.69) is 21.9 Å². The minimum atomic E-state index is -1.16. The summed E-state index contributed by atoms with van der Waals surface area (Å²) in [5.41, 5.74) is 2.46. The highest BCUT2D eigenvalue weighted by molar-refractivity contribution is 5.84. The molecule has 2 unspecified atom stereocenters. The molecule has 0 fully saturated rings. The van der Waals surface area contributed by atoms with Gasteiger partial charge in [0.25, 0.3) is 0 Å². The van der Waals surface area contributed by atoms with Crippen molar-refractivity contribution < 1.29 is 45.1 Å². The second-order valence-electron chi connectivity index (χ2n) is 10.8. The number of hydrogen-bond donors (Lipinski definition) is 7. The Morgan fingerprint density at radius 3 is 1.41 bits per heavy atom. The molecule has 2 atom stereocenters. The van der Waals surface area contributed by atoms with Crippen LogP contribution in [0.3, 0.4) is 0 Å². The Bertz CT molecular complexity index is 750. The van der Waals surface area contributed by atoms with Crippen molar-refractivity contribution in [1.82, 2.24) is 16.1 Å². The number of rotatable bonds is 29. The van der Waals surface area contributed by atoms with E-state index in [9.17, 15) is 29.1 Å². The second-order valence-corrected chi connectivity index (χ2v) is 10.8. The van der Waals surface area contributed by atoms with Gasteiger partial charge in [0, 0.05) is 25.8 Å². The van der Waals surface area contributed by atoms with Gasteiger partial charge in [0.05, 0.1) is 0 Å². The van der Waals surface area contributed by atoms with Crippen LogP contribution in [0, 0.1) is 0 Å². The molecule has 0 aliphatic rings. The molecular weight excluding hydrogens is 532 g/mol. The fourth-order valence-corrected chi connectivity index (χ4v) is 4.58. The number of carbonyl (C=O) groups is 5. The normalized spacial score (nSPS) is 12.4. The summed E-state index contributed by atoms with van der Waals surface area (Å²) >= 11 is 0. The lowest BCUT2D eigenvalue weighted by Crippen LogP contribution is -2.70. The Morgan fingerprint density at radius 1 is 0.512 bits per heavy atom. The summed E-state index contributed by atoms with van der Waals surface area (Å²) in [4.78, 5) is 57.1. The molecule has 0 bridgehead atoms. The molecular formula is C29H55N4O8+. The van der Waals surface area contributed by atoms with E-state index < -0.39 is 30.0 Å². The second kappa shape index (κ2) is 26.2. The lowest BCUT2D eigenvalue weighted by Gasteiger charge is -2.14. The van der Waals surface area contributed by atoms with Crippen molar-refractivity contribution in [3.63, 3.8) is 0 Å². The summed E-state index contributed by atoms with van der Waals surface area (Å²) < 4.78 is 0. The SMILES string of the molecule is [NH3+]NC(CCCCNC(=O)CCC(NC(=O)CCCCCCCCCCCCCCCCC(=O)O)C(=O)O)C(=O)O. The van der Waals surface area contributed by atoms with Gasteiger partial charge < -0.3 is 26.0 Å². The highest BCUT2D eigenvalue weighted by Crippen LogP contribution is 2.14. The van der Waals surface area contributed by atoms with Crippen LogP contribution >= 0.6 is 0 Å². The van der Waals surface area contributed by atoms with Gasteiger partial charge in [0.15, 0.2) is 6.04 Å². The summed E-state index contributed by atoms with van der Waals surface area (Å²) in [6, 6.07) is -1.83. The predicted octanol–water partition coefficient (Wildman–Crippen LogP) is 3.15. The van der Waals surface area contributed by atoms with Crippen molar-refractivity contribution >= 4 is 29.7 Å². The molecule has 0 spiro atoms. The minimum Gasteiger partial charge on any atom is -0.481 e. The average Bonchev–Trinajstić information content (AvgIpc) is 2.92. The number of unbranched alkanes of at least 4 members (excludes halogenated alkanes) is 14. The van der Waals surface area contributed by atoms with Crippen LogP contribution in [0.4, 0.5) is 0 Å². The molecule has 0 saturated heterocycles. The molecule has 9 N–H and O–H groups in total. The van der Waals surface area contributed by atoms with Gasteiger partial charge in [-0.15, -0.1) is 0 Å². The van der Waals surface area contributed by atoms with E-state index in [4.69, 9.17) is 10.2 Å². The molecule has 12 nitrogen and oxygen atoms in total. The monoisotopic (exact) mass is 587 g/mol. The summed E-state index contributed by atoms with van der Waals surface area (Å²) in [6.45, 7) is 0.366. The quantitative estimate of drug-likeness (QED) is 0.0505. The maximum atomic E-state index is 12.2. The van der Waals surface area contributed by atoms with Crippen LogP contribution in [0.15, 0.2) is 0 Å². The first-order valence-corrected chi connectivity index (χ1v) is 15.4. The largest absolute Gasteiger partial charge is 0.481 e. The number of hydrogen-bond acceptors (Lipinski definition) is 6. The summed E-state index contributed by atoms with van der Waals surface area (Å²) in [7, 11) is 0. The standard InChI is InChI=1S/C29H54N4O8/c30-33-24(29(40)41)17-15-16-22-31-25(34)21-20-23(28(38)39)32-26(35)18-13-11-9-7-5-3-1-2-4-6-8-10-12-14-19-27(36)37/h23-24,33H,1-22,30H2,(H,31,34)(H,32,35)(H,36,37)(H,38,39)(H,40,41)/p+1. The first kappa shape index (κ1) is 38.3. The molecule has 0 aromatic rings. The van der Waals surface area contributed by atoms with Crippen LogP contribution < -0.4 is 21.9 Å². The highest BCUT2D eigenvalue weighted by atomic mass is 16.4. The van der Waals surface area contributed by atoms with E-state index in [1.165, 1.54) is 44.9 Å². The van der Waals surface area contributed by atoms with Gasteiger partial charge in [-0.25, -0.2) is 4.79 Å². The van der Waals surface area contributed by atoms with Gasteiger partial charge in [0.2, 0.25) is 11.8 Å².